The van der Waals surface area contributed by atoms with Crippen LogP contribution in [0.4, 0.5) is 8.78 Å². The maximum absolute atomic E-state index is 13.4. The van der Waals surface area contributed by atoms with E-state index in [1.165, 1.54) is 17.1 Å². The third-order valence-corrected chi connectivity index (χ3v) is 7.45. The topological polar surface area (TPSA) is 66.5 Å². The minimum Gasteiger partial charge on any atom is -0.353 e. The number of nitrogens with zero attached hydrogens (tertiary/aromatic N) is 1. The molecule has 150 valence electrons. The number of amides is 1. The molecule has 1 aromatic carbocycles. The minimum absolute atomic E-state index is 0.00627. The maximum Gasteiger partial charge on any atom is 0.243 e. The molecule has 0 spiro atoms. The number of carbonyl (C=O) groups is 1. The van der Waals surface area contributed by atoms with Gasteiger partial charge in [-0.3, -0.25) is 4.79 Å². The van der Waals surface area contributed by atoms with Crippen LogP contribution in [0, 0.1) is 17.6 Å². The Kier molecular flexibility index (Phi) is 6.47. The van der Waals surface area contributed by atoms with Gasteiger partial charge in [0.05, 0.1) is 4.90 Å². The van der Waals surface area contributed by atoms with Crippen molar-refractivity contribution in [3.05, 3.63) is 29.8 Å². The van der Waals surface area contributed by atoms with E-state index in [1.807, 2.05) is 0 Å². The van der Waals surface area contributed by atoms with Gasteiger partial charge in [0.2, 0.25) is 15.9 Å². The molecule has 1 aliphatic carbocycles. The molecule has 1 aromatic rings. The summed E-state index contributed by atoms with van der Waals surface area (Å²) >= 11 is 0. The van der Waals surface area contributed by atoms with Gasteiger partial charge in [0.25, 0.3) is 0 Å². The van der Waals surface area contributed by atoms with Gasteiger partial charge < -0.3 is 5.32 Å². The Bertz CT molecular complexity index is 769. The van der Waals surface area contributed by atoms with Crippen LogP contribution in [0.2, 0.25) is 0 Å². The fourth-order valence-corrected chi connectivity index (χ4v) is 5.37. The molecule has 0 aromatic heterocycles. The largest absolute Gasteiger partial charge is 0.353 e. The first kappa shape index (κ1) is 20.2. The average Bonchev–Trinajstić information content (AvgIpc) is 2.92. The lowest BCUT2D eigenvalue weighted by molar-refractivity contribution is -0.126. The van der Waals surface area contributed by atoms with E-state index in [0.29, 0.717) is 18.9 Å². The van der Waals surface area contributed by atoms with Crippen LogP contribution in [0.1, 0.15) is 51.4 Å². The molecule has 1 aliphatic heterocycles. The standard InChI is InChI=1S/C19H26F2N2O3S/c20-17-8-7-16(13-18(17)21)27(25,26)23-11-9-14(10-12-23)19(24)22-15-5-3-1-2-4-6-15/h7-8,13-15H,1-6,9-12H2,(H,22,24). The molecule has 2 fully saturated rings. The van der Waals surface area contributed by atoms with E-state index in [0.717, 1.165) is 37.8 Å². The molecule has 0 bridgehead atoms. The third-order valence-electron chi connectivity index (χ3n) is 5.56. The van der Waals surface area contributed by atoms with Gasteiger partial charge in [0.1, 0.15) is 0 Å². The van der Waals surface area contributed by atoms with Crippen LogP contribution in [-0.4, -0.2) is 37.8 Å². The predicted molar refractivity (Wildman–Crippen MR) is 97.5 cm³/mol. The smallest absolute Gasteiger partial charge is 0.243 e. The summed E-state index contributed by atoms with van der Waals surface area (Å²) in [6, 6.07) is 2.81. The van der Waals surface area contributed by atoms with Crippen molar-refractivity contribution >= 4 is 15.9 Å². The Morgan fingerprint density at radius 1 is 0.963 bits per heavy atom. The summed E-state index contributed by atoms with van der Waals surface area (Å²) in [5, 5.41) is 3.13. The Morgan fingerprint density at radius 3 is 2.19 bits per heavy atom. The summed E-state index contributed by atoms with van der Waals surface area (Å²) in [7, 11) is -3.89. The van der Waals surface area contributed by atoms with Gasteiger partial charge in [-0.05, 0) is 43.9 Å². The fourth-order valence-electron chi connectivity index (χ4n) is 3.89. The second-order valence-corrected chi connectivity index (χ2v) is 9.39. The van der Waals surface area contributed by atoms with Crippen LogP contribution in [0.3, 0.4) is 0 Å². The van der Waals surface area contributed by atoms with Crippen molar-refractivity contribution in [3.8, 4) is 0 Å². The fraction of sp³-hybridized carbons (Fsp3) is 0.632. The summed E-state index contributed by atoms with van der Waals surface area (Å²) < 4.78 is 52.9. The van der Waals surface area contributed by atoms with E-state index in [9.17, 15) is 22.0 Å². The SMILES string of the molecule is O=C(NC1CCCCCC1)C1CCN(S(=O)(=O)c2ccc(F)c(F)c2)CC1. The molecule has 0 radical (unpaired) electrons. The van der Waals surface area contributed by atoms with Crippen molar-refractivity contribution in [2.24, 2.45) is 5.92 Å². The molecule has 2 aliphatic rings. The zero-order valence-corrected chi connectivity index (χ0v) is 16.1. The molecular formula is C19H26F2N2O3S. The van der Waals surface area contributed by atoms with E-state index in [1.54, 1.807) is 0 Å². The molecule has 0 unspecified atom stereocenters. The molecule has 1 N–H and O–H groups in total. The number of hydrogen-bond donors (Lipinski definition) is 1. The highest BCUT2D eigenvalue weighted by molar-refractivity contribution is 7.89. The van der Waals surface area contributed by atoms with E-state index in [-0.39, 0.29) is 35.9 Å². The van der Waals surface area contributed by atoms with Crippen molar-refractivity contribution in [2.45, 2.75) is 62.3 Å². The lowest BCUT2D eigenvalue weighted by atomic mass is 9.96. The average molecular weight is 400 g/mol. The molecule has 1 heterocycles. The zero-order valence-electron chi connectivity index (χ0n) is 15.3. The molecule has 5 nitrogen and oxygen atoms in total. The Labute approximate surface area is 159 Å². The first-order chi connectivity index (χ1) is 12.9. The van der Waals surface area contributed by atoms with Crippen LogP contribution in [0.5, 0.6) is 0 Å². The van der Waals surface area contributed by atoms with Gasteiger partial charge >= 0.3 is 0 Å². The number of benzene rings is 1. The Hall–Kier alpha value is -1.54. The molecule has 0 atom stereocenters. The molecular weight excluding hydrogens is 374 g/mol. The number of nitrogens with one attached hydrogen (secondary N) is 1. The zero-order chi connectivity index (χ0) is 19.4. The number of carbonyl (C=O) groups excluding carboxylic acids is 1. The first-order valence-corrected chi connectivity index (χ1v) is 11.1. The van der Waals surface area contributed by atoms with Gasteiger partial charge in [-0.25, -0.2) is 17.2 Å². The number of rotatable bonds is 4. The van der Waals surface area contributed by atoms with Crippen molar-refractivity contribution in [1.82, 2.24) is 9.62 Å². The normalized spacial score (nSPS) is 21.0. The summed E-state index contributed by atoms with van der Waals surface area (Å²) in [5.41, 5.74) is 0. The second-order valence-electron chi connectivity index (χ2n) is 7.45. The minimum atomic E-state index is -3.89. The van der Waals surface area contributed by atoms with Gasteiger partial charge in [0, 0.05) is 25.0 Å². The lowest BCUT2D eigenvalue weighted by Gasteiger charge is -2.31. The van der Waals surface area contributed by atoms with Crippen molar-refractivity contribution in [1.29, 1.82) is 0 Å². The van der Waals surface area contributed by atoms with Crippen LogP contribution >= 0.6 is 0 Å². The molecule has 1 amide bonds. The van der Waals surface area contributed by atoms with Crippen LogP contribution in [-0.2, 0) is 14.8 Å². The molecule has 1 saturated heterocycles. The van der Waals surface area contributed by atoms with Crippen LogP contribution in [0.15, 0.2) is 23.1 Å². The molecule has 3 rings (SSSR count). The number of sulfonamides is 1. The molecule has 8 heteroatoms. The predicted octanol–water partition coefficient (Wildman–Crippen LogP) is 3.20. The lowest BCUT2D eigenvalue weighted by Crippen LogP contribution is -2.45. The number of hydrogen-bond acceptors (Lipinski definition) is 3. The van der Waals surface area contributed by atoms with Crippen LogP contribution < -0.4 is 5.32 Å². The van der Waals surface area contributed by atoms with Gasteiger partial charge in [-0.15, -0.1) is 0 Å². The Morgan fingerprint density at radius 2 is 1.59 bits per heavy atom. The van der Waals surface area contributed by atoms with E-state index in [2.05, 4.69) is 5.32 Å². The monoisotopic (exact) mass is 400 g/mol. The van der Waals surface area contributed by atoms with Crippen molar-refractivity contribution in [3.63, 3.8) is 0 Å². The highest BCUT2D eigenvalue weighted by Crippen LogP contribution is 2.25. The highest BCUT2D eigenvalue weighted by atomic mass is 32.2. The number of halogens is 2. The Balaban J connectivity index is 1.57. The van der Waals surface area contributed by atoms with Crippen LogP contribution in [0.25, 0.3) is 0 Å². The quantitative estimate of drug-likeness (QED) is 0.790. The van der Waals surface area contributed by atoms with Gasteiger partial charge in [0.15, 0.2) is 11.6 Å². The third kappa shape index (κ3) is 4.85. The molecule has 1 saturated carbocycles. The highest BCUT2D eigenvalue weighted by Gasteiger charge is 2.33. The second kappa shape index (κ2) is 8.65. The van der Waals surface area contributed by atoms with E-state index in [4.69, 9.17) is 0 Å². The molecule has 27 heavy (non-hydrogen) atoms. The van der Waals surface area contributed by atoms with Gasteiger partial charge in [-0.2, -0.15) is 4.31 Å². The summed E-state index contributed by atoms with van der Waals surface area (Å²) in [5.74, 6) is -2.46. The summed E-state index contributed by atoms with van der Waals surface area (Å²) in [6.45, 7) is 0.397. The van der Waals surface area contributed by atoms with E-state index < -0.39 is 21.7 Å². The summed E-state index contributed by atoms with van der Waals surface area (Å²) in [4.78, 5) is 12.3. The van der Waals surface area contributed by atoms with E-state index >= 15 is 0 Å². The van der Waals surface area contributed by atoms with Crippen molar-refractivity contribution < 1.29 is 22.0 Å². The maximum atomic E-state index is 13.4. The van der Waals surface area contributed by atoms with Gasteiger partial charge in [-0.1, -0.05) is 25.7 Å². The first-order valence-electron chi connectivity index (χ1n) is 9.63. The number of piperidine rings is 1. The summed E-state index contributed by atoms with van der Waals surface area (Å²) in [6.07, 6.45) is 7.58. The van der Waals surface area contributed by atoms with Crippen molar-refractivity contribution in [2.75, 3.05) is 13.1 Å².